The van der Waals surface area contributed by atoms with E-state index in [1.807, 2.05) is 0 Å². The lowest BCUT2D eigenvalue weighted by Gasteiger charge is -2.07. The molecule has 1 aromatic heterocycles. The zero-order chi connectivity index (χ0) is 14.7. The van der Waals surface area contributed by atoms with Gasteiger partial charge >= 0.3 is 0 Å². The zero-order valence-corrected chi connectivity index (χ0v) is 10.7. The number of amides is 1. The first-order valence-corrected chi connectivity index (χ1v) is 5.54. The minimum Gasteiger partial charge on any atom is -0.496 e. The van der Waals surface area contributed by atoms with Crippen molar-refractivity contribution in [2.75, 3.05) is 12.4 Å². The number of rotatable bonds is 4. The highest BCUT2D eigenvalue weighted by Crippen LogP contribution is 2.25. The molecule has 1 aromatic carbocycles. The fourth-order valence-electron chi connectivity index (χ4n) is 1.55. The number of H-pyrrole nitrogens is 1. The standard InChI is InChI=1S/C11H11N5O4/c1-6-12-11(15-14-6)13-10(17)8-4-3-7(16(18)19)5-9(8)20-2/h3-5H,1-2H3,(H2,12,13,14,15,17). The molecule has 0 unspecified atom stereocenters. The third kappa shape index (κ3) is 2.71. The molecule has 1 amide bonds. The van der Waals surface area contributed by atoms with Crippen LogP contribution in [0.25, 0.3) is 0 Å². The molecule has 2 rings (SSSR count). The molecule has 0 spiro atoms. The number of methoxy groups -OCH3 is 1. The highest BCUT2D eigenvalue weighted by Gasteiger charge is 2.17. The lowest BCUT2D eigenvalue weighted by molar-refractivity contribution is -0.384. The van der Waals surface area contributed by atoms with Gasteiger partial charge < -0.3 is 4.74 Å². The van der Waals surface area contributed by atoms with E-state index < -0.39 is 10.8 Å². The molecule has 104 valence electrons. The van der Waals surface area contributed by atoms with Crippen LogP contribution in [0.15, 0.2) is 18.2 Å². The van der Waals surface area contributed by atoms with Crippen molar-refractivity contribution in [1.82, 2.24) is 15.2 Å². The first-order valence-electron chi connectivity index (χ1n) is 5.54. The Morgan fingerprint density at radius 1 is 1.50 bits per heavy atom. The predicted octanol–water partition coefficient (Wildman–Crippen LogP) is 1.28. The third-order valence-electron chi connectivity index (χ3n) is 2.46. The van der Waals surface area contributed by atoms with Crippen molar-refractivity contribution in [3.05, 3.63) is 39.7 Å². The lowest BCUT2D eigenvalue weighted by Crippen LogP contribution is -2.14. The summed E-state index contributed by atoms with van der Waals surface area (Å²) in [5.74, 6) is 0.253. The Labute approximate surface area is 113 Å². The number of aromatic nitrogens is 3. The molecule has 2 aromatic rings. The molecule has 0 aliphatic heterocycles. The molecular weight excluding hydrogens is 266 g/mol. The van der Waals surface area contributed by atoms with E-state index in [2.05, 4.69) is 20.5 Å². The van der Waals surface area contributed by atoms with Gasteiger partial charge in [-0.2, -0.15) is 4.98 Å². The van der Waals surface area contributed by atoms with E-state index in [9.17, 15) is 14.9 Å². The van der Waals surface area contributed by atoms with E-state index >= 15 is 0 Å². The average molecular weight is 277 g/mol. The van der Waals surface area contributed by atoms with E-state index in [4.69, 9.17) is 4.74 Å². The van der Waals surface area contributed by atoms with Gasteiger partial charge in [0.15, 0.2) is 0 Å². The van der Waals surface area contributed by atoms with Crippen molar-refractivity contribution in [3.63, 3.8) is 0 Å². The normalized spacial score (nSPS) is 10.1. The van der Waals surface area contributed by atoms with E-state index in [1.165, 1.54) is 25.3 Å². The molecule has 0 saturated heterocycles. The molecule has 20 heavy (non-hydrogen) atoms. The van der Waals surface area contributed by atoms with Gasteiger partial charge in [-0.3, -0.25) is 25.3 Å². The predicted molar refractivity (Wildman–Crippen MR) is 68.7 cm³/mol. The summed E-state index contributed by atoms with van der Waals surface area (Å²) in [7, 11) is 1.33. The van der Waals surface area contributed by atoms with Crippen LogP contribution in [0.2, 0.25) is 0 Å². The highest BCUT2D eigenvalue weighted by atomic mass is 16.6. The van der Waals surface area contributed by atoms with E-state index in [0.717, 1.165) is 0 Å². The fourth-order valence-corrected chi connectivity index (χ4v) is 1.55. The topological polar surface area (TPSA) is 123 Å². The summed E-state index contributed by atoms with van der Waals surface area (Å²) in [4.78, 5) is 26.1. The summed E-state index contributed by atoms with van der Waals surface area (Å²) in [5, 5.41) is 19.5. The number of hydrogen-bond donors (Lipinski definition) is 2. The molecule has 9 heteroatoms. The summed E-state index contributed by atoms with van der Waals surface area (Å²) in [6.07, 6.45) is 0. The van der Waals surface area contributed by atoms with Crippen LogP contribution in [0.5, 0.6) is 5.75 Å². The van der Waals surface area contributed by atoms with Crippen molar-refractivity contribution >= 4 is 17.5 Å². The molecule has 0 aliphatic rings. The summed E-state index contributed by atoms with van der Waals surface area (Å²) < 4.78 is 4.99. The minimum absolute atomic E-state index is 0.101. The molecule has 0 saturated carbocycles. The average Bonchev–Trinajstić information content (AvgIpc) is 2.83. The van der Waals surface area contributed by atoms with Gasteiger partial charge in [-0.05, 0) is 13.0 Å². The van der Waals surface area contributed by atoms with Gasteiger partial charge in [0.2, 0.25) is 5.95 Å². The van der Waals surface area contributed by atoms with Crippen LogP contribution in [-0.2, 0) is 0 Å². The third-order valence-corrected chi connectivity index (χ3v) is 2.46. The molecule has 1 heterocycles. The molecule has 2 N–H and O–H groups in total. The molecular formula is C11H11N5O4. The Kier molecular flexibility index (Phi) is 3.60. The maximum absolute atomic E-state index is 12.0. The number of ether oxygens (including phenoxy) is 1. The second-order valence-electron chi connectivity index (χ2n) is 3.84. The first-order chi connectivity index (χ1) is 9.51. The first kappa shape index (κ1) is 13.5. The lowest BCUT2D eigenvalue weighted by atomic mass is 10.1. The number of non-ortho nitro benzene ring substituents is 1. The van der Waals surface area contributed by atoms with Crippen molar-refractivity contribution in [1.29, 1.82) is 0 Å². The highest BCUT2D eigenvalue weighted by molar-refractivity contribution is 6.05. The van der Waals surface area contributed by atoms with Crippen LogP contribution in [0.1, 0.15) is 16.2 Å². The Hall–Kier alpha value is -2.97. The fraction of sp³-hybridized carbons (Fsp3) is 0.182. The van der Waals surface area contributed by atoms with Crippen molar-refractivity contribution in [2.24, 2.45) is 0 Å². The second-order valence-corrected chi connectivity index (χ2v) is 3.84. The SMILES string of the molecule is COc1cc([N+](=O)[O-])ccc1C(=O)Nc1n[nH]c(C)n1. The molecule has 0 bridgehead atoms. The second kappa shape index (κ2) is 5.34. The Balaban J connectivity index is 2.27. The van der Waals surface area contributed by atoms with Crippen LogP contribution in [0.4, 0.5) is 11.6 Å². The van der Waals surface area contributed by atoms with E-state index in [0.29, 0.717) is 5.82 Å². The number of hydrogen-bond acceptors (Lipinski definition) is 6. The number of nitro groups is 1. The van der Waals surface area contributed by atoms with Gasteiger partial charge in [0.1, 0.15) is 11.6 Å². The number of carbonyl (C=O) groups excluding carboxylic acids is 1. The van der Waals surface area contributed by atoms with Gasteiger partial charge in [0, 0.05) is 6.07 Å². The number of aryl methyl sites for hydroxylation is 1. The molecule has 0 atom stereocenters. The van der Waals surface area contributed by atoms with Crippen molar-refractivity contribution in [3.8, 4) is 5.75 Å². The van der Waals surface area contributed by atoms with Gasteiger partial charge in [-0.15, -0.1) is 5.10 Å². The van der Waals surface area contributed by atoms with Gasteiger partial charge in [0.05, 0.1) is 23.7 Å². The molecule has 0 radical (unpaired) electrons. The number of anilines is 1. The van der Waals surface area contributed by atoms with Crippen LogP contribution in [0, 0.1) is 17.0 Å². The number of carbonyl (C=O) groups is 1. The smallest absolute Gasteiger partial charge is 0.273 e. The molecule has 0 fully saturated rings. The zero-order valence-electron chi connectivity index (χ0n) is 10.7. The maximum Gasteiger partial charge on any atom is 0.273 e. The van der Waals surface area contributed by atoms with E-state index in [1.54, 1.807) is 6.92 Å². The number of nitrogens with zero attached hydrogens (tertiary/aromatic N) is 3. The van der Waals surface area contributed by atoms with Crippen molar-refractivity contribution < 1.29 is 14.5 Å². The summed E-state index contributed by atoms with van der Waals surface area (Å²) in [6, 6.07) is 3.71. The van der Waals surface area contributed by atoms with Gasteiger partial charge in [-0.1, -0.05) is 0 Å². The summed E-state index contributed by atoms with van der Waals surface area (Å²) in [6.45, 7) is 1.69. The number of benzene rings is 1. The quantitative estimate of drug-likeness (QED) is 0.641. The van der Waals surface area contributed by atoms with Crippen LogP contribution < -0.4 is 10.1 Å². The van der Waals surface area contributed by atoms with Gasteiger partial charge in [0.25, 0.3) is 11.6 Å². The molecule has 0 aliphatic carbocycles. The van der Waals surface area contributed by atoms with Crippen molar-refractivity contribution in [2.45, 2.75) is 6.92 Å². The number of nitro benzene ring substituents is 1. The minimum atomic E-state index is -0.567. The van der Waals surface area contributed by atoms with E-state index in [-0.39, 0.29) is 22.9 Å². The Morgan fingerprint density at radius 3 is 2.80 bits per heavy atom. The maximum atomic E-state index is 12.0. The Morgan fingerprint density at radius 2 is 2.25 bits per heavy atom. The van der Waals surface area contributed by atoms with Crippen LogP contribution in [-0.4, -0.2) is 33.1 Å². The molecule has 9 nitrogen and oxygen atoms in total. The Bertz CT molecular complexity index is 667. The number of nitrogens with one attached hydrogen (secondary N) is 2. The van der Waals surface area contributed by atoms with Crippen LogP contribution >= 0.6 is 0 Å². The monoisotopic (exact) mass is 277 g/mol. The number of aromatic amines is 1. The van der Waals surface area contributed by atoms with Gasteiger partial charge in [-0.25, -0.2) is 0 Å². The van der Waals surface area contributed by atoms with Crippen LogP contribution in [0.3, 0.4) is 0 Å². The summed E-state index contributed by atoms with van der Waals surface area (Å²) in [5.41, 5.74) is -0.00677. The summed E-state index contributed by atoms with van der Waals surface area (Å²) >= 11 is 0. The largest absolute Gasteiger partial charge is 0.496 e.